The van der Waals surface area contributed by atoms with Crippen molar-refractivity contribution >= 4 is 5.97 Å². The zero-order chi connectivity index (χ0) is 12.7. The van der Waals surface area contributed by atoms with Gasteiger partial charge in [0.25, 0.3) is 0 Å². The van der Waals surface area contributed by atoms with Gasteiger partial charge in [-0.2, -0.15) is 13.2 Å². The van der Waals surface area contributed by atoms with Gasteiger partial charge in [-0.1, -0.05) is 0 Å². The van der Waals surface area contributed by atoms with E-state index in [-0.39, 0.29) is 6.54 Å². The Morgan fingerprint density at radius 2 is 1.81 bits per heavy atom. The number of hydrogen-bond acceptors (Lipinski definition) is 3. The SMILES string of the molecule is CC(C)(C)OC(=O)[C@H]1[C@@H](CN)[C@@H]1C(F)(F)F. The van der Waals surface area contributed by atoms with Crippen LogP contribution in [-0.4, -0.2) is 24.3 Å². The number of carbonyl (C=O) groups excluding carboxylic acids is 1. The number of alkyl halides is 3. The zero-order valence-corrected chi connectivity index (χ0v) is 9.47. The number of ether oxygens (including phenoxy) is 1. The molecule has 1 rings (SSSR count). The third kappa shape index (κ3) is 2.87. The summed E-state index contributed by atoms with van der Waals surface area (Å²) in [5.41, 5.74) is 4.44. The van der Waals surface area contributed by atoms with Crippen LogP contribution >= 0.6 is 0 Å². The van der Waals surface area contributed by atoms with Gasteiger partial charge in [0.2, 0.25) is 0 Å². The fraction of sp³-hybridized carbons (Fsp3) is 0.900. The molecule has 16 heavy (non-hydrogen) atoms. The van der Waals surface area contributed by atoms with Crippen LogP contribution in [-0.2, 0) is 9.53 Å². The van der Waals surface area contributed by atoms with E-state index in [1.807, 2.05) is 0 Å². The van der Waals surface area contributed by atoms with E-state index in [1.165, 1.54) is 0 Å². The summed E-state index contributed by atoms with van der Waals surface area (Å²) >= 11 is 0. The van der Waals surface area contributed by atoms with Gasteiger partial charge >= 0.3 is 12.1 Å². The molecule has 0 radical (unpaired) electrons. The molecule has 0 bridgehead atoms. The molecule has 0 spiro atoms. The van der Waals surface area contributed by atoms with Crippen molar-refractivity contribution in [3.8, 4) is 0 Å². The van der Waals surface area contributed by atoms with E-state index in [1.54, 1.807) is 20.8 Å². The quantitative estimate of drug-likeness (QED) is 0.746. The Bertz CT molecular complexity index is 283. The summed E-state index contributed by atoms with van der Waals surface area (Å²) in [6.07, 6.45) is -4.37. The zero-order valence-electron chi connectivity index (χ0n) is 9.47. The lowest BCUT2D eigenvalue weighted by molar-refractivity contribution is -0.169. The number of carbonyl (C=O) groups is 1. The highest BCUT2D eigenvalue weighted by Gasteiger charge is 2.67. The lowest BCUT2D eigenvalue weighted by Crippen LogP contribution is -2.26. The van der Waals surface area contributed by atoms with E-state index in [0.29, 0.717) is 0 Å². The average molecular weight is 239 g/mol. The maximum atomic E-state index is 12.5. The molecule has 3 atom stereocenters. The highest BCUT2D eigenvalue weighted by molar-refractivity contribution is 5.77. The maximum absolute atomic E-state index is 12.5. The summed E-state index contributed by atoms with van der Waals surface area (Å²) in [6, 6.07) is 0. The minimum atomic E-state index is -4.37. The Hall–Kier alpha value is -0.780. The van der Waals surface area contributed by atoms with Gasteiger partial charge in [-0.05, 0) is 33.2 Å². The molecule has 0 aromatic heterocycles. The molecule has 2 N–H and O–H groups in total. The molecule has 0 saturated heterocycles. The van der Waals surface area contributed by atoms with Crippen LogP contribution in [0.4, 0.5) is 13.2 Å². The molecule has 0 heterocycles. The molecule has 3 nitrogen and oxygen atoms in total. The van der Waals surface area contributed by atoms with Crippen molar-refractivity contribution in [2.75, 3.05) is 6.54 Å². The second kappa shape index (κ2) is 3.91. The first-order valence-electron chi connectivity index (χ1n) is 5.07. The summed E-state index contributed by atoms with van der Waals surface area (Å²) in [6.45, 7) is 4.71. The molecule has 0 aromatic carbocycles. The Kier molecular flexibility index (Phi) is 3.24. The van der Waals surface area contributed by atoms with Crippen LogP contribution in [0.1, 0.15) is 20.8 Å². The highest BCUT2D eigenvalue weighted by atomic mass is 19.4. The predicted octanol–water partition coefficient (Wildman–Crippen LogP) is 1.71. The molecular weight excluding hydrogens is 223 g/mol. The average Bonchev–Trinajstić information content (AvgIpc) is 2.72. The fourth-order valence-corrected chi connectivity index (χ4v) is 1.80. The smallest absolute Gasteiger partial charge is 0.393 e. The van der Waals surface area contributed by atoms with E-state index in [0.717, 1.165) is 0 Å². The minimum Gasteiger partial charge on any atom is -0.460 e. The molecule has 94 valence electrons. The Balaban J connectivity index is 2.66. The second-order valence-electron chi connectivity index (χ2n) is 5.03. The summed E-state index contributed by atoms with van der Waals surface area (Å²) in [5.74, 6) is -4.38. The van der Waals surface area contributed by atoms with Crippen molar-refractivity contribution in [1.82, 2.24) is 0 Å². The lowest BCUT2D eigenvalue weighted by atomic mass is 10.2. The first-order valence-corrected chi connectivity index (χ1v) is 5.07. The molecule has 0 amide bonds. The summed E-state index contributed by atoms with van der Waals surface area (Å²) < 4.78 is 42.3. The van der Waals surface area contributed by atoms with Gasteiger partial charge in [-0.15, -0.1) is 0 Å². The molecule has 6 heteroatoms. The summed E-state index contributed by atoms with van der Waals surface area (Å²) in [4.78, 5) is 11.5. The van der Waals surface area contributed by atoms with Gasteiger partial charge in [-0.25, -0.2) is 0 Å². The van der Waals surface area contributed by atoms with E-state index in [4.69, 9.17) is 10.5 Å². The fourth-order valence-electron chi connectivity index (χ4n) is 1.80. The van der Waals surface area contributed by atoms with Gasteiger partial charge < -0.3 is 10.5 Å². The van der Waals surface area contributed by atoms with Crippen molar-refractivity contribution in [3.05, 3.63) is 0 Å². The second-order valence-corrected chi connectivity index (χ2v) is 5.03. The van der Waals surface area contributed by atoms with Crippen LogP contribution < -0.4 is 5.73 Å². The van der Waals surface area contributed by atoms with Crippen LogP contribution in [0.15, 0.2) is 0 Å². The Morgan fingerprint density at radius 3 is 2.06 bits per heavy atom. The molecule has 1 fully saturated rings. The molecule has 0 aromatic rings. The topological polar surface area (TPSA) is 52.3 Å². The predicted molar refractivity (Wildman–Crippen MR) is 51.4 cm³/mol. The van der Waals surface area contributed by atoms with Gasteiger partial charge in [0.05, 0.1) is 11.8 Å². The molecule has 1 aliphatic carbocycles. The lowest BCUT2D eigenvalue weighted by Gasteiger charge is -2.19. The van der Waals surface area contributed by atoms with E-state index in [9.17, 15) is 18.0 Å². The van der Waals surface area contributed by atoms with Crippen LogP contribution in [0.5, 0.6) is 0 Å². The minimum absolute atomic E-state index is 0.145. The van der Waals surface area contributed by atoms with Gasteiger partial charge in [0.15, 0.2) is 0 Å². The number of halogens is 3. The van der Waals surface area contributed by atoms with Crippen molar-refractivity contribution in [3.63, 3.8) is 0 Å². The van der Waals surface area contributed by atoms with Crippen LogP contribution in [0.3, 0.4) is 0 Å². The molecule has 0 aliphatic heterocycles. The van der Waals surface area contributed by atoms with Gasteiger partial charge in [0, 0.05) is 0 Å². The standard InChI is InChI=1S/C10H16F3NO2/c1-9(2,3)16-8(15)6-5(4-14)7(6)10(11,12)13/h5-7H,4,14H2,1-3H3/t5-,6+,7+/m1/s1. The molecule has 1 aliphatic rings. The number of nitrogens with two attached hydrogens (primary N) is 1. The molecule has 0 unspecified atom stereocenters. The van der Waals surface area contributed by atoms with Crippen molar-refractivity contribution in [2.45, 2.75) is 32.5 Å². The summed E-state index contributed by atoms with van der Waals surface area (Å²) in [5, 5.41) is 0. The number of rotatable bonds is 2. The number of esters is 1. The van der Waals surface area contributed by atoms with Crippen molar-refractivity contribution < 1.29 is 22.7 Å². The monoisotopic (exact) mass is 239 g/mol. The molecule has 1 saturated carbocycles. The van der Waals surface area contributed by atoms with Crippen LogP contribution in [0.25, 0.3) is 0 Å². The maximum Gasteiger partial charge on any atom is 0.393 e. The summed E-state index contributed by atoms with van der Waals surface area (Å²) in [7, 11) is 0. The largest absolute Gasteiger partial charge is 0.460 e. The third-order valence-corrected chi connectivity index (χ3v) is 2.50. The molecular formula is C10H16F3NO2. The Labute approximate surface area is 92.1 Å². The van der Waals surface area contributed by atoms with Gasteiger partial charge in [0.1, 0.15) is 5.60 Å². The Morgan fingerprint density at radius 1 is 1.31 bits per heavy atom. The van der Waals surface area contributed by atoms with Crippen molar-refractivity contribution in [1.29, 1.82) is 0 Å². The first kappa shape index (κ1) is 13.3. The van der Waals surface area contributed by atoms with Gasteiger partial charge in [-0.3, -0.25) is 4.79 Å². The normalized spacial score (nSPS) is 30.1. The van der Waals surface area contributed by atoms with Crippen molar-refractivity contribution in [2.24, 2.45) is 23.5 Å². The number of hydrogen-bond donors (Lipinski definition) is 1. The van der Waals surface area contributed by atoms with Crippen LogP contribution in [0, 0.1) is 17.8 Å². The van der Waals surface area contributed by atoms with E-state index < -0.39 is 35.5 Å². The van der Waals surface area contributed by atoms with Crippen LogP contribution in [0.2, 0.25) is 0 Å². The highest BCUT2D eigenvalue weighted by Crippen LogP contribution is 2.55. The van der Waals surface area contributed by atoms with E-state index >= 15 is 0 Å². The van der Waals surface area contributed by atoms with E-state index in [2.05, 4.69) is 0 Å². The third-order valence-electron chi connectivity index (χ3n) is 2.50. The first-order chi connectivity index (χ1) is 7.08.